The van der Waals surface area contributed by atoms with Crippen molar-refractivity contribution in [3.8, 4) is 5.75 Å². The van der Waals surface area contributed by atoms with E-state index in [0.29, 0.717) is 30.8 Å². The average molecular weight is 411 g/mol. The lowest BCUT2D eigenvalue weighted by Crippen LogP contribution is -2.31. The maximum Gasteiger partial charge on any atom is 0.251 e. The van der Waals surface area contributed by atoms with E-state index in [1.165, 1.54) is 5.56 Å². The number of amides is 2. The molecule has 0 aliphatic rings. The molecule has 0 fully saturated rings. The molecular weight excluding hydrogens is 376 g/mol. The quantitative estimate of drug-likeness (QED) is 0.525. The van der Waals surface area contributed by atoms with Crippen LogP contribution in [0.15, 0.2) is 42.5 Å². The first-order valence-electron chi connectivity index (χ1n) is 10.6. The van der Waals surface area contributed by atoms with Crippen LogP contribution in [0.1, 0.15) is 61.5 Å². The van der Waals surface area contributed by atoms with Crippen LogP contribution in [-0.4, -0.2) is 25.0 Å². The number of rotatable bonds is 10. The van der Waals surface area contributed by atoms with Gasteiger partial charge in [0.2, 0.25) is 5.91 Å². The first-order valence-corrected chi connectivity index (χ1v) is 10.6. The summed E-state index contributed by atoms with van der Waals surface area (Å²) in [6.45, 7) is 11.1. The molecule has 162 valence electrons. The third-order valence-electron chi connectivity index (χ3n) is 5.08. The Labute approximate surface area is 180 Å². The molecule has 0 atom stereocenters. The van der Waals surface area contributed by atoms with Gasteiger partial charge in [-0.1, -0.05) is 39.0 Å². The minimum atomic E-state index is -0.550. The SMILES string of the molecule is CCCNC(=O)c1cccc(NC(=O)C(C)(C)CCCOc2cc(C)ccc2C)c1. The molecule has 0 unspecified atom stereocenters. The normalized spacial score (nSPS) is 11.1. The molecule has 2 rings (SSSR count). The molecule has 0 saturated carbocycles. The van der Waals surface area contributed by atoms with Crippen LogP contribution >= 0.6 is 0 Å². The topological polar surface area (TPSA) is 67.4 Å². The van der Waals surface area contributed by atoms with Crippen LogP contribution in [0, 0.1) is 19.3 Å². The molecule has 2 amide bonds. The average Bonchev–Trinajstić information content (AvgIpc) is 2.72. The molecule has 5 nitrogen and oxygen atoms in total. The fraction of sp³-hybridized carbons (Fsp3) is 0.440. The maximum absolute atomic E-state index is 12.8. The van der Waals surface area contributed by atoms with Crippen LogP contribution in [0.25, 0.3) is 0 Å². The van der Waals surface area contributed by atoms with Crippen LogP contribution in [-0.2, 0) is 4.79 Å². The lowest BCUT2D eigenvalue weighted by atomic mass is 9.87. The lowest BCUT2D eigenvalue weighted by Gasteiger charge is -2.24. The zero-order valence-electron chi connectivity index (χ0n) is 18.8. The van der Waals surface area contributed by atoms with Gasteiger partial charge in [-0.3, -0.25) is 9.59 Å². The Bertz CT molecular complexity index is 874. The van der Waals surface area contributed by atoms with Gasteiger partial charge in [0.15, 0.2) is 0 Å². The van der Waals surface area contributed by atoms with E-state index in [-0.39, 0.29) is 11.8 Å². The minimum absolute atomic E-state index is 0.0691. The Morgan fingerprint density at radius 1 is 1.07 bits per heavy atom. The molecule has 2 aromatic rings. The second kappa shape index (κ2) is 10.8. The van der Waals surface area contributed by atoms with Crippen molar-refractivity contribution in [2.45, 2.75) is 53.9 Å². The van der Waals surface area contributed by atoms with Crippen molar-refractivity contribution in [3.05, 3.63) is 59.2 Å². The van der Waals surface area contributed by atoms with Crippen LogP contribution in [0.2, 0.25) is 0 Å². The first kappa shape index (κ1) is 23.5. The summed E-state index contributed by atoms with van der Waals surface area (Å²) >= 11 is 0. The summed E-state index contributed by atoms with van der Waals surface area (Å²) in [5.74, 6) is 0.701. The van der Waals surface area contributed by atoms with Crippen molar-refractivity contribution < 1.29 is 14.3 Å². The molecule has 0 heterocycles. The number of carbonyl (C=O) groups is 2. The highest BCUT2D eigenvalue weighted by Crippen LogP contribution is 2.26. The molecular formula is C25H34N2O3. The van der Waals surface area contributed by atoms with Gasteiger partial charge in [-0.25, -0.2) is 0 Å². The molecule has 2 N–H and O–H groups in total. The highest BCUT2D eigenvalue weighted by atomic mass is 16.5. The van der Waals surface area contributed by atoms with E-state index >= 15 is 0 Å². The summed E-state index contributed by atoms with van der Waals surface area (Å²) in [6, 6.07) is 13.2. The van der Waals surface area contributed by atoms with E-state index in [9.17, 15) is 9.59 Å². The van der Waals surface area contributed by atoms with Crippen LogP contribution < -0.4 is 15.4 Å². The Morgan fingerprint density at radius 3 is 2.57 bits per heavy atom. The minimum Gasteiger partial charge on any atom is -0.493 e. The van der Waals surface area contributed by atoms with Crippen molar-refractivity contribution in [1.82, 2.24) is 5.32 Å². The predicted molar refractivity (Wildman–Crippen MR) is 122 cm³/mol. The molecule has 2 aromatic carbocycles. The van der Waals surface area contributed by atoms with E-state index in [1.54, 1.807) is 24.3 Å². The van der Waals surface area contributed by atoms with Gasteiger partial charge in [-0.2, -0.15) is 0 Å². The number of nitrogens with one attached hydrogen (secondary N) is 2. The monoisotopic (exact) mass is 410 g/mol. The summed E-state index contributed by atoms with van der Waals surface area (Å²) in [6.07, 6.45) is 2.34. The third kappa shape index (κ3) is 6.90. The highest BCUT2D eigenvalue weighted by Gasteiger charge is 2.27. The smallest absolute Gasteiger partial charge is 0.251 e. The van der Waals surface area contributed by atoms with Crippen molar-refractivity contribution in [1.29, 1.82) is 0 Å². The lowest BCUT2D eigenvalue weighted by molar-refractivity contribution is -0.124. The van der Waals surface area contributed by atoms with Crippen LogP contribution in [0.5, 0.6) is 5.75 Å². The second-order valence-corrected chi connectivity index (χ2v) is 8.40. The van der Waals surface area contributed by atoms with Crippen LogP contribution in [0.3, 0.4) is 0 Å². The van der Waals surface area contributed by atoms with E-state index < -0.39 is 5.41 Å². The largest absolute Gasteiger partial charge is 0.493 e. The van der Waals surface area contributed by atoms with E-state index in [2.05, 4.69) is 22.8 Å². The molecule has 0 aliphatic carbocycles. The number of anilines is 1. The Balaban J connectivity index is 1.88. The van der Waals surface area contributed by atoms with Crippen molar-refractivity contribution in [3.63, 3.8) is 0 Å². The number of carbonyl (C=O) groups excluding carboxylic acids is 2. The van der Waals surface area contributed by atoms with Crippen molar-refractivity contribution >= 4 is 17.5 Å². The summed E-state index contributed by atoms with van der Waals surface area (Å²) in [4.78, 5) is 24.9. The molecule has 5 heteroatoms. The first-order chi connectivity index (χ1) is 14.2. The number of ether oxygens (including phenoxy) is 1. The van der Waals surface area contributed by atoms with Gasteiger partial charge in [0.25, 0.3) is 5.91 Å². The van der Waals surface area contributed by atoms with Crippen molar-refractivity contribution in [2.24, 2.45) is 5.41 Å². The molecule has 0 spiro atoms. The maximum atomic E-state index is 12.8. The van der Waals surface area contributed by atoms with E-state index in [4.69, 9.17) is 4.74 Å². The van der Waals surface area contributed by atoms with Gasteiger partial charge in [-0.05, 0) is 68.5 Å². The Kier molecular flexibility index (Phi) is 8.46. The zero-order valence-corrected chi connectivity index (χ0v) is 18.8. The summed E-state index contributed by atoms with van der Waals surface area (Å²) in [5, 5.41) is 5.80. The molecule has 0 saturated heterocycles. The molecule has 0 aliphatic heterocycles. The number of hydrogen-bond donors (Lipinski definition) is 2. The molecule has 30 heavy (non-hydrogen) atoms. The zero-order chi connectivity index (χ0) is 22.1. The summed E-state index contributed by atoms with van der Waals surface area (Å²) in [7, 11) is 0. The molecule has 0 radical (unpaired) electrons. The van der Waals surface area contributed by atoms with Gasteiger partial charge in [0.05, 0.1) is 6.61 Å². The van der Waals surface area contributed by atoms with Crippen LogP contribution in [0.4, 0.5) is 5.69 Å². The fourth-order valence-corrected chi connectivity index (χ4v) is 3.05. The highest BCUT2D eigenvalue weighted by molar-refractivity contribution is 5.98. The molecule has 0 bridgehead atoms. The predicted octanol–water partition coefficient (Wildman–Crippen LogP) is 5.27. The van der Waals surface area contributed by atoms with E-state index in [1.807, 2.05) is 40.7 Å². The third-order valence-corrected chi connectivity index (χ3v) is 5.08. The Hall–Kier alpha value is -2.82. The van der Waals surface area contributed by atoms with Crippen molar-refractivity contribution in [2.75, 3.05) is 18.5 Å². The van der Waals surface area contributed by atoms with Gasteiger partial charge < -0.3 is 15.4 Å². The summed E-state index contributed by atoms with van der Waals surface area (Å²) < 4.78 is 5.91. The number of hydrogen-bond acceptors (Lipinski definition) is 3. The number of benzene rings is 2. The standard InChI is InChI=1S/C25H34N2O3/c1-6-14-26-23(28)20-9-7-10-21(17-20)27-24(29)25(4,5)13-8-15-30-22-16-18(2)11-12-19(22)3/h7,9-12,16-17H,6,8,13-15H2,1-5H3,(H,26,28)(H,27,29). The fourth-order valence-electron chi connectivity index (χ4n) is 3.05. The van der Waals surface area contributed by atoms with Gasteiger partial charge >= 0.3 is 0 Å². The van der Waals surface area contributed by atoms with Gasteiger partial charge in [0.1, 0.15) is 5.75 Å². The van der Waals surface area contributed by atoms with Gasteiger partial charge in [-0.15, -0.1) is 0 Å². The second-order valence-electron chi connectivity index (χ2n) is 8.40. The molecule has 0 aromatic heterocycles. The Morgan fingerprint density at radius 2 is 1.83 bits per heavy atom. The van der Waals surface area contributed by atoms with E-state index in [0.717, 1.165) is 24.2 Å². The van der Waals surface area contributed by atoms with Gasteiger partial charge in [0, 0.05) is 23.2 Å². The summed E-state index contributed by atoms with van der Waals surface area (Å²) in [5.41, 5.74) is 2.90. The number of aryl methyl sites for hydroxylation is 2.